The maximum atomic E-state index is 12.6. The van der Waals surface area contributed by atoms with E-state index in [4.69, 9.17) is 14.6 Å². The highest BCUT2D eigenvalue weighted by Crippen LogP contribution is 2.27. The largest absolute Gasteiger partial charge is 0.445 e. The van der Waals surface area contributed by atoms with Crippen LogP contribution < -0.4 is 0 Å². The molecule has 130 valence electrons. The molecule has 0 saturated carbocycles. The van der Waals surface area contributed by atoms with Crippen molar-refractivity contribution in [3.05, 3.63) is 35.9 Å². The van der Waals surface area contributed by atoms with Crippen molar-refractivity contribution >= 4 is 12.0 Å². The minimum Gasteiger partial charge on any atom is -0.445 e. The standard InChI is InChI=1S/C17H22N2O5/c1-12-16(21)19-14(7-8-20)11-23-15(19)9-18(12)17(22)24-10-13-5-3-2-4-6-13/h2-6,12,14-15,20H,7-11H2,1H3/t12-,14-,15?/m0/s1. The maximum absolute atomic E-state index is 12.6. The Kier molecular flexibility index (Phi) is 5.01. The molecule has 2 aliphatic rings. The van der Waals surface area contributed by atoms with Gasteiger partial charge in [-0.1, -0.05) is 30.3 Å². The zero-order valence-electron chi connectivity index (χ0n) is 13.6. The molecule has 3 atom stereocenters. The molecule has 2 heterocycles. The number of benzene rings is 1. The molecule has 24 heavy (non-hydrogen) atoms. The van der Waals surface area contributed by atoms with Gasteiger partial charge in [0.2, 0.25) is 5.91 Å². The molecular formula is C17H22N2O5. The van der Waals surface area contributed by atoms with Crippen molar-refractivity contribution in [3.8, 4) is 0 Å². The second kappa shape index (κ2) is 7.19. The summed E-state index contributed by atoms with van der Waals surface area (Å²) in [6.07, 6.45) is -0.504. The summed E-state index contributed by atoms with van der Waals surface area (Å²) in [5.41, 5.74) is 0.892. The highest BCUT2D eigenvalue weighted by Gasteiger charge is 2.47. The number of carbonyl (C=O) groups excluding carboxylic acids is 2. The van der Waals surface area contributed by atoms with Gasteiger partial charge in [-0.25, -0.2) is 4.79 Å². The molecule has 1 aromatic carbocycles. The van der Waals surface area contributed by atoms with Crippen molar-refractivity contribution in [2.45, 2.75) is 38.3 Å². The fraction of sp³-hybridized carbons (Fsp3) is 0.529. The Balaban J connectivity index is 1.63. The van der Waals surface area contributed by atoms with Crippen molar-refractivity contribution in [1.82, 2.24) is 9.80 Å². The average molecular weight is 334 g/mol. The summed E-state index contributed by atoms with van der Waals surface area (Å²) >= 11 is 0. The molecule has 0 spiro atoms. The molecule has 0 radical (unpaired) electrons. The van der Waals surface area contributed by atoms with E-state index in [-0.39, 0.29) is 31.7 Å². The van der Waals surface area contributed by atoms with Crippen LogP contribution in [-0.2, 0) is 20.9 Å². The molecule has 0 bridgehead atoms. The lowest BCUT2D eigenvalue weighted by molar-refractivity contribution is -0.152. The van der Waals surface area contributed by atoms with Crippen LogP contribution in [0.25, 0.3) is 0 Å². The third-order valence-corrected chi connectivity index (χ3v) is 4.52. The summed E-state index contributed by atoms with van der Waals surface area (Å²) < 4.78 is 11.0. The first-order valence-electron chi connectivity index (χ1n) is 8.13. The van der Waals surface area contributed by atoms with Crippen LogP contribution >= 0.6 is 0 Å². The number of aliphatic hydroxyl groups is 1. The second-order valence-corrected chi connectivity index (χ2v) is 6.07. The number of amides is 2. The van der Waals surface area contributed by atoms with Crippen molar-refractivity contribution in [1.29, 1.82) is 0 Å². The van der Waals surface area contributed by atoms with Crippen molar-refractivity contribution in [3.63, 3.8) is 0 Å². The lowest BCUT2D eigenvalue weighted by atomic mass is 10.1. The number of ether oxygens (including phenoxy) is 2. The number of fused-ring (bicyclic) bond motifs is 1. The van der Waals surface area contributed by atoms with Gasteiger partial charge in [-0.05, 0) is 18.9 Å². The molecule has 0 aromatic heterocycles. The lowest BCUT2D eigenvalue weighted by Gasteiger charge is -2.41. The van der Waals surface area contributed by atoms with Crippen LogP contribution in [0.15, 0.2) is 30.3 Å². The van der Waals surface area contributed by atoms with Gasteiger partial charge < -0.3 is 19.5 Å². The number of rotatable bonds is 4. The van der Waals surface area contributed by atoms with Crippen LogP contribution in [0, 0.1) is 0 Å². The molecule has 3 rings (SSSR count). The Morgan fingerprint density at radius 1 is 1.38 bits per heavy atom. The molecule has 7 heteroatoms. The number of carbonyl (C=O) groups is 2. The van der Waals surface area contributed by atoms with Gasteiger partial charge in [-0.2, -0.15) is 0 Å². The van der Waals surface area contributed by atoms with Gasteiger partial charge in [-0.3, -0.25) is 9.69 Å². The van der Waals surface area contributed by atoms with E-state index < -0.39 is 18.4 Å². The zero-order valence-corrected chi connectivity index (χ0v) is 13.6. The summed E-state index contributed by atoms with van der Waals surface area (Å²) in [7, 11) is 0. The second-order valence-electron chi connectivity index (χ2n) is 6.07. The highest BCUT2D eigenvalue weighted by atomic mass is 16.6. The first kappa shape index (κ1) is 16.7. The summed E-state index contributed by atoms with van der Waals surface area (Å²) in [6.45, 7) is 2.52. The van der Waals surface area contributed by atoms with Crippen LogP contribution in [-0.4, -0.2) is 65.0 Å². The van der Waals surface area contributed by atoms with E-state index in [1.807, 2.05) is 30.3 Å². The third kappa shape index (κ3) is 3.22. The Morgan fingerprint density at radius 3 is 2.83 bits per heavy atom. The summed E-state index contributed by atoms with van der Waals surface area (Å²) in [5, 5.41) is 9.11. The Labute approximate surface area is 140 Å². The molecule has 1 N–H and O–H groups in total. The lowest BCUT2D eigenvalue weighted by Crippen LogP contribution is -2.62. The highest BCUT2D eigenvalue weighted by molar-refractivity contribution is 5.87. The Bertz CT molecular complexity index is 594. The van der Waals surface area contributed by atoms with Gasteiger partial charge in [0.25, 0.3) is 0 Å². The summed E-state index contributed by atoms with van der Waals surface area (Å²) in [6, 6.07) is 8.66. The van der Waals surface area contributed by atoms with Gasteiger partial charge in [0.15, 0.2) is 6.23 Å². The first-order valence-corrected chi connectivity index (χ1v) is 8.13. The van der Waals surface area contributed by atoms with Crippen LogP contribution in [0.3, 0.4) is 0 Å². The molecule has 7 nitrogen and oxygen atoms in total. The van der Waals surface area contributed by atoms with Gasteiger partial charge in [0.05, 0.1) is 19.2 Å². The van der Waals surface area contributed by atoms with Gasteiger partial charge in [0, 0.05) is 6.61 Å². The van der Waals surface area contributed by atoms with Crippen molar-refractivity contribution in [2.75, 3.05) is 19.8 Å². The number of aliphatic hydroxyl groups excluding tert-OH is 1. The molecule has 2 amide bonds. The monoisotopic (exact) mass is 334 g/mol. The number of nitrogens with zero attached hydrogens (tertiary/aromatic N) is 2. The predicted molar refractivity (Wildman–Crippen MR) is 84.9 cm³/mol. The van der Waals surface area contributed by atoms with Gasteiger partial charge >= 0.3 is 6.09 Å². The fourth-order valence-electron chi connectivity index (χ4n) is 3.16. The van der Waals surface area contributed by atoms with Crippen LogP contribution in [0.1, 0.15) is 18.9 Å². The van der Waals surface area contributed by atoms with E-state index in [9.17, 15) is 9.59 Å². The van der Waals surface area contributed by atoms with Crippen molar-refractivity contribution < 1.29 is 24.2 Å². The molecule has 1 unspecified atom stereocenters. The summed E-state index contributed by atoms with van der Waals surface area (Å²) in [4.78, 5) is 28.0. The van der Waals surface area contributed by atoms with E-state index >= 15 is 0 Å². The third-order valence-electron chi connectivity index (χ3n) is 4.52. The van der Waals surface area contributed by atoms with Crippen LogP contribution in [0.4, 0.5) is 4.79 Å². The first-order chi connectivity index (χ1) is 11.6. The number of hydrogen-bond donors (Lipinski definition) is 1. The van der Waals surface area contributed by atoms with Crippen molar-refractivity contribution in [2.24, 2.45) is 0 Å². The van der Waals surface area contributed by atoms with Gasteiger partial charge in [-0.15, -0.1) is 0 Å². The fourth-order valence-corrected chi connectivity index (χ4v) is 3.16. The molecular weight excluding hydrogens is 312 g/mol. The SMILES string of the molecule is C[C@H]1C(=O)N2C(CN1C(=O)OCc1ccccc1)OC[C@@H]2CCO. The quantitative estimate of drug-likeness (QED) is 0.887. The van der Waals surface area contributed by atoms with Crippen LogP contribution in [0.2, 0.25) is 0 Å². The van der Waals surface area contributed by atoms with E-state index in [1.54, 1.807) is 11.8 Å². The molecule has 2 aliphatic heterocycles. The minimum atomic E-state index is -0.604. The zero-order chi connectivity index (χ0) is 17.1. The number of piperazine rings is 1. The number of hydrogen-bond acceptors (Lipinski definition) is 5. The van der Waals surface area contributed by atoms with E-state index in [0.717, 1.165) is 5.56 Å². The minimum absolute atomic E-state index is 0.00173. The van der Waals surface area contributed by atoms with Gasteiger partial charge in [0.1, 0.15) is 12.6 Å². The van der Waals surface area contributed by atoms with Crippen LogP contribution in [0.5, 0.6) is 0 Å². The average Bonchev–Trinajstić information content (AvgIpc) is 3.00. The van der Waals surface area contributed by atoms with E-state index in [2.05, 4.69) is 0 Å². The molecule has 1 aromatic rings. The molecule has 2 fully saturated rings. The maximum Gasteiger partial charge on any atom is 0.410 e. The Hall–Kier alpha value is -2.12. The molecule has 0 aliphatic carbocycles. The van der Waals surface area contributed by atoms with E-state index in [1.165, 1.54) is 4.90 Å². The smallest absolute Gasteiger partial charge is 0.410 e. The topological polar surface area (TPSA) is 79.3 Å². The normalized spacial score (nSPS) is 26.4. The van der Waals surface area contributed by atoms with E-state index in [0.29, 0.717) is 13.0 Å². The summed E-state index contributed by atoms with van der Waals surface area (Å²) in [5.74, 6) is -0.168. The predicted octanol–water partition coefficient (Wildman–Crippen LogP) is 0.963. The Morgan fingerprint density at radius 2 is 2.12 bits per heavy atom. The molecule has 2 saturated heterocycles.